The third-order valence-corrected chi connectivity index (χ3v) is 7.89. The van der Waals surface area contributed by atoms with Gasteiger partial charge in [-0.2, -0.15) is 0 Å². The van der Waals surface area contributed by atoms with Crippen LogP contribution in [0, 0.1) is 5.82 Å². The Hall–Kier alpha value is -2.06. The molecule has 0 saturated carbocycles. The topological polar surface area (TPSA) is 0 Å². The zero-order valence-corrected chi connectivity index (χ0v) is 18.1. The van der Waals surface area contributed by atoms with Crippen LogP contribution < -0.4 is 0 Å². The Balaban J connectivity index is 1.69. The van der Waals surface area contributed by atoms with Crippen LogP contribution in [0.2, 0.25) is 0 Å². The molecule has 0 unspecified atom stereocenters. The summed E-state index contributed by atoms with van der Waals surface area (Å²) in [6.45, 7) is 2.25. The standard InChI is InChI=1S/C26H31FS/c1-4-5-6-7-21-8-12-23(13-9-21)24-14-18-26(19-15-24)28(2,3)20-22-10-16-25(27)17-11-22/h8-19H,4-7,20H2,1-3H3. The van der Waals surface area contributed by atoms with E-state index < -0.39 is 10.0 Å². The van der Waals surface area contributed by atoms with Crippen LogP contribution in [0.1, 0.15) is 37.3 Å². The van der Waals surface area contributed by atoms with E-state index in [4.69, 9.17) is 0 Å². The first-order valence-electron chi connectivity index (χ1n) is 10.1. The molecule has 0 aliphatic rings. The monoisotopic (exact) mass is 394 g/mol. The summed E-state index contributed by atoms with van der Waals surface area (Å²) in [4.78, 5) is 1.39. The van der Waals surface area contributed by atoms with Gasteiger partial charge in [-0.3, -0.25) is 0 Å². The molecule has 3 aromatic rings. The maximum Gasteiger partial charge on any atom is 0.123 e. The Bertz CT molecular complexity index is 862. The van der Waals surface area contributed by atoms with Gasteiger partial charge in [-0.1, -0.05) is 68.3 Å². The van der Waals surface area contributed by atoms with Crippen molar-refractivity contribution in [3.63, 3.8) is 0 Å². The van der Waals surface area contributed by atoms with E-state index in [1.807, 2.05) is 12.1 Å². The lowest BCUT2D eigenvalue weighted by molar-refractivity contribution is 0.627. The van der Waals surface area contributed by atoms with E-state index in [0.717, 1.165) is 5.75 Å². The summed E-state index contributed by atoms with van der Waals surface area (Å²) in [5, 5.41) is 0. The molecule has 0 fully saturated rings. The zero-order chi connectivity index (χ0) is 20.0. The third kappa shape index (κ3) is 5.48. The van der Waals surface area contributed by atoms with Crippen LogP contribution in [0.4, 0.5) is 4.39 Å². The molecule has 2 heteroatoms. The Morgan fingerprint density at radius 3 is 1.79 bits per heavy atom. The van der Waals surface area contributed by atoms with Crippen LogP contribution in [-0.4, -0.2) is 12.5 Å². The Kier molecular flexibility index (Phi) is 6.96. The van der Waals surface area contributed by atoms with E-state index in [1.165, 1.54) is 52.8 Å². The summed E-state index contributed by atoms with van der Waals surface area (Å²) in [5.41, 5.74) is 5.17. The molecular weight excluding hydrogens is 363 g/mol. The van der Waals surface area contributed by atoms with Gasteiger partial charge in [0.05, 0.1) is 0 Å². The van der Waals surface area contributed by atoms with Crippen molar-refractivity contribution in [1.82, 2.24) is 0 Å². The zero-order valence-electron chi connectivity index (χ0n) is 17.2. The molecule has 0 aromatic heterocycles. The number of aryl methyl sites for hydroxylation is 1. The van der Waals surface area contributed by atoms with Crippen LogP contribution in [0.25, 0.3) is 11.1 Å². The van der Waals surface area contributed by atoms with Crippen LogP contribution in [-0.2, 0) is 12.2 Å². The third-order valence-electron chi connectivity index (χ3n) is 5.29. The summed E-state index contributed by atoms with van der Waals surface area (Å²) in [6, 6.07) is 24.9. The van der Waals surface area contributed by atoms with E-state index in [-0.39, 0.29) is 5.82 Å². The van der Waals surface area contributed by atoms with Gasteiger partial charge in [0.15, 0.2) is 0 Å². The van der Waals surface area contributed by atoms with Crippen molar-refractivity contribution in [3.8, 4) is 11.1 Å². The minimum Gasteiger partial charge on any atom is -0.216 e. The van der Waals surface area contributed by atoms with Gasteiger partial charge in [0.1, 0.15) is 5.82 Å². The van der Waals surface area contributed by atoms with Crippen LogP contribution >= 0.6 is 10.0 Å². The normalized spacial score (nSPS) is 12.1. The van der Waals surface area contributed by atoms with Crippen molar-refractivity contribution < 1.29 is 4.39 Å². The summed E-state index contributed by atoms with van der Waals surface area (Å²) in [6.07, 6.45) is 9.68. The minimum absolute atomic E-state index is 0.169. The molecule has 148 valence electrons. The smallest absolute Gasteiger partial charge is 0.123 e. The molecule has 0 aliphatic heterocycles. The number of benzene rings is 3. The molecule has 3 aromatic carbocycles. The molecule has 0 heterocycles. The molecule has 0 nitrogen and oxygen atoms in total. The fraction of sp³-hybridized carbons (Fsp3) is 0.308. The Morgan fingerprint density at radius 2 is 1.21 bits per heavy atom. The SMILES string of the molecule is CCCCCc1ccc(-c2ccc(S(C)(C)Cc3ccc(F)cc3)cc2)cc1. The average Bonchev–Trinajstić information content (AvgIpc) is 2.70. The van der Waals surface area contributed by atoms with Crippen molar-refractivity contribution in [1.29, 1.82) is 0 Å². The van der Waals surface area contributed by atoms with Crippen molar-refractivity contribution in [2.24, 2.45) is 0 Å². The molecule has 0 atom stereocenters. The van der Waals surface area contributed by atoms with Gasteiger partial charge < -0.3 is 0 Å². The summed E-state index contributed by atoms with van der Waals surface area (Å²) in [7, 11) is -0.967. The van der Waals surface area contributed by atoms with E-state index in [1.54, 1.807) is 12.1 Å². The van der Waals surface area contributed by atoms with Crippen molar-refractivity contribution >= 4 is 10.0 Å². The number of hydrogen-bond acceptors (Lipinski definition) is 0. The highest BCUT2D eigenvalue weighted by atomic mass is 32.3. The molecule has 0 saturated heterocycles. The van der Waals surface area contributed by atoms with Crippen molar-refractivity contribution in [2.45, 2.75) is 43.3 Å². The first-order chi connectivity index (χ1) is 13.5. The maximum absolute atomic E-state index is 13.2. The van der Waals surface area contributed by atoms with Gasteiger partial charge in [0.2, 0.25) is 0 Å². The maximum atomic E-state index is 13.2. The van der Waals surface area contributed by atoms with Crippen LogP contribution in [0.15, 0.2) is 77.7 Å². The fourth-order valence-corrected chi connectivity index (χ4v) is 5.60. The highest BCUT2D eigenvalue weighted by molar-refractivity contribution is 8.32. The van der Waals surface area contributed by atoms with Crippen LogP contribution in [0.5, 0.6) is 0 Å². The highest BCUT2D eigenvalue weighted by Gasteiger charge is 2.16. The van der Waals surface area contributed by atoms with E-state index in [2.05, 4.69) is 68.0 Å². The second-order valence-electron chi connectivity index (χ2n) is 7.99. The van der Waals surface area contributed by atoms with E-state index >= 15 is 0 Å². The predicted octanol–water partition coefficient (Wildman–Crippen LogP) is 7.85. The Morgan fingerprint density at radius 1 is 0.679 bits per heavy atom. The Labute approximate surface area is 171 Å². The second kappa shape index (κ2) is 9.43. The lowest BCUT2D eigenvalue weighted by Gasteiger charge is -2.32. The number of unbranched alkanes of at least 4 members (excludes halogenated alkanes) is 2. The molecular formula is C26H31FS. The van der Waals surface area contributed by atoms with Gasteiger partial charge in [0.25, 0.3) is 0 Å². The minimum atomic E-state index is -0.967. The molecule has 0 bridgehead atoms. The molecule has 0 spiro atoms. The predicted molar refractivity (Wildman–Crippen MR) is 123 cm³/mol. The second-order valence-corrected chi connectivity index (χ2v) is 11.8. The number of halogens is 1. The first kappa shape index (κ1) is 20.7. The summed E-state index contributed by atoms with van der Waals surface area (Å²) in [5.74, 6) is 0.802. The lowest BCUT2D eigenvalue weighted by Crippen LogP contribution is -2.00. The fourth-order valence-electron chi connectivity index (χ4n) is 3.54. The summed E-state index contributed by atoms with van der Waals surface area (Å²) >= 11 is 0. The summed E-state index contributed by atoms with van der Waals surface area (Å²) < 4.78 is 13.2. The average molecular weight is 395 g/mol. The molecule has 0 radical (unpaired) electrons. The van der Waals surface area contributed by atoms with Crippen LogP contribution in [0.3, 0.4) is 0 Å². The number of hydrogen-bond donors (Lipinski definition) is 0. The molecule has 0 amide bonds. The quantitative estimate of drug-likeness (QED) is 0.341. The number of rotatable bonds is 8. The molecule has 28 heavy (non-hydrogen) atoms. The van der Waals surface area contributed by atoms with E-state index in [0.29, 0.717) is 0 Å². The van der Waals surface area contributed by atoms with Gasteiger partial charge in [-0.05, 0) is 76.8 Å². The van der Waals surface area contributed by atoms with E-state index in [9.17, 15) is 4.39 Å². The van der Waals surface area contributed by atoms with Gasteiger partial charge in [0, 0.05) is 5.75 Å². The lowest BCUT2D eigenvalue weighted by atomic mass is 10.0. The molecule has 0 aliphatic carbocycles. The van der Waals surface area contributed by atoms with Gasteiger partial charge >= 0.3 is 0 Å². The largest absolute Gasteiger partial charge is 0.216 e. The first-order valence-corrected chi connectivity index (χ1v) is 12.7. The van der Waals surface area contributed by atoms with Crippen molar-refractivity contribution in [2.75, 3.05) is 12.5 Å². The van der Waals surface area contributed by atoms with Crippen molar-refractivity contribution in [3.05, 3.63) is 89.7 Å². The highest BCUT2D eigenvalue weighted by Crippen LogP contribution is 2.52. The van der Waals surface area contributed by atoms with Gasteiger partial charge in [-0.25, -0.2) is 14.4 Å². The molecule has 0 N–H and O–H groups in total. The van der Waals surface area contributed by atoms with Gasteiger partial charge in [-0.15, -0.1) is 0 Å². The molecule has 3 rings (SSSR count).